The molecule has 0 aliphatic heterocycles. The Morgan fingerprint density at radius 3 is 2.58 bits per heavy atom. The van der Waals surface area contributed by atoms with Crippen molar-refractivity contribution in [3.63, 3.8) is 0 Å². The van der Waals surface area contributed by atoms with Crippen molar-refractivity contribution in [1.29, 1.82) is 0 Å². The molecule has 1 amide bonds. The molecule has 26 heavy (non-hydrogen) atoms. The molecule has 3 aromatic rings. The summed E-state index contributed by atoms with van der Waals surface area (Å²) in [7, 11) is 0. The maximum absolute atomic E-state index is 12.5. The van der Waals surface area contributed by atoms with Crippen molar-refractivity contribution in [2.24, 2.45) is 4.99 Å². The van der Waals surface area contributed by atoms with Gasteiger partial charge >= 0.3 is 5.97 Å². The topological polar surface area (TPSA) is 71.7 Å². The van der Waals surface area contributed by atoms with Crippen LogP contribution < -0.4 is 4.80 Å². The van der Waals surface area contributed by atoms with Gasteiger partial charge in [0.1, 0.15) is 6.04 Å². The number of hydrogen-bond acceptors (Lipinski definition) is 3. The lowest BCUT2D eigenvalue weighted by Gasteiger charge is -2.13. The first-order valence-electron chi connectivity index (χ1n) is 7.78. The number of carboxylic acids is 1. The predicted molar refractivity (Wildman–Crippen MR) is 103 cm³/mol. The summed E-state index contributed by atoms with van der Waals surface area (Å²) in [5, 5.41) is 10.5. The largest absolute Gasteiger partial charge is 0.480 e. The van der Waals surface area contributed by atoms with Crippen LogP contribution in [0.4, 0.5) is 0 Å². The zero-order chi connectivity index (χ0) is 18.8. The SMILES string of the molecule is CCC(C(=O)O)n1c(=NC(=O)c2cccc(Cl)c2)sc2cc(Cl)ccc21. The van der Waals surface area contributed by atoms with Crippen LogP contribution in [0.2, 0.25) is 10.0 Å². The van der Waals surface area contributed by atoms with Crippen molar-refractivity contribution in [3.05, 3.63) is 62.9 Å². The van der Waals surface area contributed by atoms with E-state index in [0.29, 0.717) is 32.3 Å². The second kappa shape index (κ2) is 7.61. The molecule has 1 unspecified atom stereocenters. The van der Waals surface area contributed by atoms with Gasteiger partial charge in [0.15, 0.2) is 4.80 Å². The third-order valence-corrected chi connectivity index (χ3v) is 5.33. The molecule has 0 radical (unpaired) electrons. The highest BCUT2D eigenvalue weighted by molar-refractivity contribution is 7.16. The van der Waals surface area contributed by atoms with Gasteiger partial charge in [0.2, 0.25) is 0 Å². The lowest BCUT2D eigenvalue weighted by atomic mass is 10.2. The summed E-state index contributed by atoms with van der Waals surface area (Å²) < 4.78 is 2.33. The van der Waals surface area contributed by atoms with Gasteiger partial charge in [-0.3, -0.25) is 4.79 Å². The van der Waals surface area contributed by atoms with Crippen LogP contribution in [-0.2, 0) is 4.79 Å². The van der Waals surface area contributed by atoms with Gasteiger partial charge in [-0.2, -0.15) is 4.99 Å². The van der Waals surface area contributed by atoms with E-state index >= 15 is 0 Å². The van der Waals surface area contributed by atoms with E-state index in [1.165, 1.54) is 17.4 Å². The van der Waals surface area contributed by atoms with Crippen molar-refractivity contribution >= 4 is 56.6 Å². The van der Waals surface area contributed by atoms with E-state index in [2.05, 4.69) is 4.99 Å². The summed E-state index contributed by atoms with van der Waals surface area (Å²) in [6.45, 7) is 1.77. The molecule has 3 rings (SSSR count). The Morgan fingerprint density at radius 2 is 1.92 bits per heavy atom. The third-order valence-electron chi connectivity index (χ3n) is 3.84. The molecule has 0 aliphatic rings. The van der Waals surface area contributed by atoms with Crippen LogP contribution >= 0.6 is 34.5 Å². The van der Waals surface area contributed by atoms with Crippen LogP contribution in [0.15, 0.2) is 47.5 Å². The van der Waals surface area contributed by atoms with E-state index in [-0.39, 0.29) is 0 Å². The highest BCUT2D eigenvalue weighted by atomic mass is 35.5. The molecule has 2 aromatic carbocycles. The van der Waals surface area contributed by atoms with Gasteiger partial charge in [0, 0.05) is 15.6 Å². The van der Waals surface area contributed by atoms with Crippen LogP contribution in [0.25, 0.3) is 10.2 Å². The second-order valence-electron chi connectivity index (χ2n) is 5.56. The number of rotatable bonds is 4. The Morgan fingerprint density at radius 1 is 1.19 bits per heavy atom. The number of hydrogen-bond donors (Lipinski definition) is 1. The summed E-state index contributed by atoms with van der Waals surface area (Å²) >= 11 is 13.2. The number of benzene rings is 2. The van der Waals surface area contributed by atoms with Gasteiger partial charge in [-0.25, -0.2) is 4.79 Å². The highest BCUT2D eigenvalue weighted by Crippen LogP contribution is 2.26. The summed E-state index contributed by atoms with van der Waals surface area (Å²) in [4.78, 5) is 28.7. The van der Waals surface area contributed by atoms with Crippen LogP contribution in [-0.4, -0.2) is 21.6 Å². The molecular formula is C18H14Cl2N2O3S. The van der Waals surface area contributed by atoms with Crippen molar-refractivity contribution < 1.29 is 14.7 Å². The number of nitrogens with zero attached hydrogens (tertiary/aromatic N) is 2. The molecule has 0 saturated heterocycles. The zero-order valence-corrected chi connectivity index (χ0v) is 16.0. The number of fused-ring (bicyclic) bond motifs is 1. The first-order valence-corrected chi connectivity index (χ1v) is 9.36. The van der Waals surface area contributed by atoms with Crippen LogP contribution in [0.5, 0.6) is 0 Å². The average Bonchev–Trinajstić information content (AvgIpc) is 2.92. The van der Waals surface area contributed by atoms with E-state index in [9.17, 15) is 14.7 Å². The maximum Gasteiger partial charge on any atom is 0.326 e. The summed E-state index contributed by atoms with van der Waals surface area (Å²) in [6.07, 6.45) is 0.350. The Kier molecular flexibility index (Phi) is 5.46. The van der Waals surface area contributed by atoms with Crippen LogP contribution in [0.1, 0.15) is 29.7 Å². The number of carboxylic acid groups (broad SMARTS) is 1. The Bertz CT molecular complexity index is 1070. The third kappa shape index (κ3) is 3.67. The molecule has 134 valence electrons. The standard InChI is InChI=1S/C18H14Cl2N2O3S/c1-2-13(17(24)25)22-14-7-6-12(20)9-15(14)26-18(22)21-16(23)10-4-3-5-11(19)8-10/h3-9,13H,2H2,1H3,(H,24,25). The molecule has 5 nitrogen and oxygen atoms in total. The van der Waals surface area contributed by atoms with Gasteiger partial charge in [0.05, 0.1) is 10.2 Å². The number of carbonyl (C=O) groups is 2. The molecule has 1 aromatic heterocycles. The van der Waals surface area contributed by atoms with Crippen LogP contribution in [0, 0.1) is 0 Å². The summed E-state index contributed by atoms with van der Waals surface area (Å²) in [5.74, 6) is -1.47. The Hall–Kier alpha value is -2.15. The normalized spacial score (nSPS) is 13.1. The van der Waals surface area contributed by atoms with E-state index < -0.39 is 17.9 Å². The number of aromatic nitrogens is 1. The summed E-state index contributed by atoms with van der Waals surface area (Å²) in [5.41, 5.74) is 1.01. The second-order valence-corrected chi connectivity index (χ2v) is 7.44. The molecule has 0 spiro atoms. The van der Waals surface area contributed by atoms with Gasteiger partial charge in [-0.1, -0.05) is 47.5 Å². The predicted octanol–water partition coefficient (Wildman–Crippen LogP) is 4.79. The van der Waals surface area contributed by atoms with Gasteiger partial charge in [-0.15, -0.1) is 0 Å². The molecule has 0 fully saturated rings. The number of aliphatic carboxylic acids is 1. The minimum atomic E-state index is -0.987. The van der Waals surface area contributed by atoms with E-state index in [1.807, 2.05) is 0 Å². The molecule has 0 bridgehead atoms. The first kappa shape index (κ1) is 18.6. The van der Waals surface area contributed by atoms with Crippen molar-refractivity contribution in [3.8, 4) is 0 Å². The van der Waals surface area contributed by atoms with Gasteiger partial charge < -0.3 is 9.67 Å². The molecule has 1 N–H and O–H groups in total. The van der Waals surface area contributed by atoms with Crippen molar-refractivity contribution in [1.82, 2.24) is 4.57 Å². The molecular weight excluding hydrogens is 395 g/mol. The Balaban J connectivity index is 2.24. The van der Waals surface area contributed by atoms with Crippen molar-refractivity contribution in [2.45, 2.75) is 19.4 Å². The van der Waals surface area contributed by atoms with Gasteiger partial charge in [-0.05, 0) is 42.8 Å². The van der Waals surface area contributed by atoms with Crippen molar-refractivity contribution in [2.75, 3.05) is 0 Å². The first-order chi connectivity index (χ1) is 12.4. The van der Waals surface area contributed by atoms with Crippen LogP contribution in [0.3, 0.4) is 0 Å². The van der Waals surface area contributed by atoms with E-state index in [4.69, 9.17) is 23.2 Å². The zero-order valence-electron chi connectivity index (χ0n) is 13.6. The fourth-order valence-corrected chi connectivity index (χ4v) is 4.17. The minimum absolute atomic E-state index is 0.307. The van der Waals surface area contributed by atoms with Gasteiger partial charge in [0.25, 0.3) is 5.91 Å². The number of thiazole rings is 1. The fourth-order valence-electron chi connectivity index (χ4n) is 2.64. The summed E-state index contributed by atoms with van der Waals surface area (Å²) in [6, 6.07) is 10.8. The average molecular weight is 409 g/mol. The minimum Gasteiger partial charge on any atom is -0.480 e. The number of amides is 1. The molecule has 8 heteroatoms. The quantitative estimate of drug-likeness (QED) is 0.674. The smallest absolute Gasteiger partial charge is 0.326 e. The molecule has 0 saturated carbocycles. The molecule has 1 atom stereocenters. The van der Waals surface area contributed by atoms with E-state index in [0.717, 1.165) is 4.70 Å². The number of carbonyl (C=O) groups excluding carboxylic acids is 1. The number of halogens is 2. The molecule has 0 aliphatic carbocycles. The lowest BCUT2D eigenvalue weighted by Crippen LogP contribution is -2.27. The Labute approximate surface area is 163 Å². The highest BCUT2D eigenvalue weighted by Gasteiger charge is 2.22. The maximum atomic E-state index is 12.5. The fraction of sp³-hybridized carbons (Fsp3) is 0.167. The lowest BCUT2D eigenvalue weighted by molar-refractivity contribution is -0.140. The monoisotopic (exact) mass is 408 g/mol. The van der Waals surface area contributed by atoms with E-state index in [1.54, 1.807) is 47.9 Å². The molecule has 1 heterocycles.